The van der Waals surface area contributed by atoms with Crippen LogP contribution in [0.5, 0.6) is 5.75 Å². The highest BCUT2D eigenvalue weighted by molar-refractivity contribution is 5.96. The van der Waals surface area contributed by atoms with E-state index in [-0.39, 0.29) is 5.78 Å². The van der Waals surface area contributed by atoms with E-state index in [4.69, 9.17) is 4.74 Å². The molecule has 1 saturated heterocycles. The predicted octanol–water partition coefficient (Wildman–Crippen LogP) is 2.60. The largest absolute Gasteiger partial charge is 0.493 e. The van der Waals surface area contributed by atoms with E-state index in [0.717, 1.165) is 62.6 Å². The van der Waals surface area contributed by atoms with E-state index < -0.39 is 0 Å². The summed E-state index contributed by atoms with van der Waals surface area (Å²) in [4.78, 5) is 17.1. The van der Waals surface area contributed by atoms with Crippen LogP contribution in [0.3, 0.4) is 0 Å². The lowest BCUT2D eigenvalue weighted by Gasteiger charge is -2.32. The molecule has 1 aliphatic heterocycles. The standard InChI is InChI=1S/C18H28N2O2/c1-4-13-22-18-6-5-16(14-15(18)2)17(21)7-8-20-11-9-19(3)10-12-20/h5-6,14H,4,7-13H2,1-3H3. The first-order valence-corrected chi connectivity index (χ1v) is 8.27. The van der Waals surface area contributed by atoms with Crippen LogP contribution in [0.4, 0.5) is 0 Å². The first-order valence-electron chi connectivity index (χ1n) is 8.27. The molecule has 0 radical (unpaired) electrons. The summed E-state index contributed by atoms with van der Waals surface area (Å²) in [6.07, 6.45) is 1.59. The normalized spacial score (nSPS) is 16.7. The summed E-state index contributed by atoms with van der Waals surface area (Å²) >= 11 is 0. The van der Waals surface area contributed by atoms with Crippen molar-refractivity contribution in [2.75, 3.05) is 46.4 Å². The fourth-order valence-electron chi connectivity index (χ4n) is 2.67. The zero-order chi connectivity index (χ0) is 15.9. The first-order chi connectivity index (χ1) is 10.6. The van der Waals surface area contributed by atoms with E-state index in [1.54, 1.807) is 0 Å². The summed E-state index contributed by atoms with van der Waals surface area (Å²) in [5, 5.41) is 0. The Morgan fingerprint density at radius 2 is 1.95 bits per heavy atom. The average molecular weight is 304 g/mol. The summed E-state index contributed by atoms with van der Waals surface area (Å²) in [6.45, 7) is 9.98. The molecule has 1 aliphatic rings. The summed E-state index contributed by atoms with van der Waals surface area (Å²) in [7, 11) is 2.15. The number of aryl methyl sites for hydroxylation is 1. The number of hydrogen-bond acceptors (Lipinski definition) is 4. The molecular formula is C18H28N2O2. The van der Waals surface area contributed by atoms with Gasteiger partial charge in [-0.25, -0.2) is 0 Å². The van der Waals surface area contributed by atoms with Crippen LogP contribution >= 0.6 is 0 Å². The summed E-state index contributed by atoms with van der Waals surface area (Å²) in [6, 6.07) is 5.77. The third kappa shape index (κ3) is 4.82. The fraction of sp³-hybridized carbons (Fsp3) is 0.611. The Kier molecular flexibility index (Phi) is 6.40. The van der Waals surface area contributed by atoms with Crippen LogP contribution in [0, 0.1) is 6.92 Å². The highest BCUT2D eigenvalue weighted by Gasteiger charge is 2.15. The van der Waals surface area contributed by atoms with Gasteiger partial charge in [-0.05, 0) is 44.2 Å². The fourth-order valence-corrected chi connectivity index (χ4v) is 2.67. The smallest absolute Gasteiger partial charge is 0.164 e. The minimum absolute atomic E-state index is 0.226. The van der Waals surface area contributed by atoms with Crippen molar-refractivity contribution in [3.63, 3.8) is 0 Å². The van der Waals surface area contributed by atoms with Crippen molar-refractivity contribution in [2.24, 2.45) is 0 Å². The molecule has 0 aliphatic carbocycles. The number of benzene rings is 1. The molecule has 4 nitrogen and oxygen atoms in total. The summed E-state index contributed by atoms with van der Waals surface area (Å²) < 4.78 is 5.66. The number of Topliss-reactive ketones (excluding diaryl/α,β-unsaturated/α-hetero) is 1. The molecule has 1 fully saturated rings. The van der Waals surface area contributed by atoms with Crippen molar-refractivity contribution in [1.29, 1.82) is 0 Å². The number of piperazine rings is 1. The maximum absolute atomic E-state index is 12.4. The van der Waals surface area contributed by atoms with Crippen LogP contribution in [0.25, 0.3) is 0 Å². The Labute approximate surface area is 134 Å². The van der Waals surface area contributed by atoms with E-state index >= 15 is 0 Å². The summed E-state index contributed by atoms with van der Waals surface area (Å²) in [5.74, 6) is 1.11. The maximum Gasteiger partial charge on any atom is 0.164 e. The van der Waals surface area contributed by atoms with E-state index in [0.29, 0.717) is 6.42 Å². The molecule has 122 valence electrons. The Hall–Kier alpha value is -1.39. The van der Waals surface area contributed by atoms with Gasteiger partial charge in [-0.2, -0.15) is 0 Å². The quantitative estimate of drug-likeness (QED) is 0.725. The summed E-state index contributed by atoms with van der Waals surface area (Å²) in [5.41, 5.74) is 1.84. The topological polar surface area (TPSA) is 32.8 Å². The lowest BCUT2D eigenvalue weighted by molar-refractivity contribution is 0.0941. The monoisotopic (exact) mass is 304 g/mol. The van der Waals surface area contributed by atoms with E-state index in [2.05, 4.69) is 23.8 Å². The molecule has 0 aromatic heterocycles. The van der Waals surface area contributed by atoms with Crippen molar-refractivity contribution in [3.8, 4) is 5.75 Å². The molecule has 0 spiro atoms. The minimum Gasteiger partial charge on any atom is -0.493 e. The number of carbonyl (C=O) groups excluding carboxylic acids is 1. The van der Waals surface area contributed by atoms with E-state index in [1.165, 1.54) is 0 Å². The van der Waals surface area contributed by atoms with Gasteiger partial charge in [0.15, 0.2) is 5.78 Å². The molecule has 0 unspecified atom stereocenters. The highest BCUT2D eigenvalue weighted by Crippen LogP contribution is 2.20. The van der Waals surface area contributed by atoms with Gasteiger partial charge < -0.3 is 14.5 Å². The highest BCUT2D eigenvalue weighted by atomic mass is 16.5. The van der Waals surface area contributed by atoms with E-state index in [9.17, 15) is 4.79 Å². The second kappa shape index (κ2) is 8.30. The Bertz CT molecular complexity index is 494. The number of likely N-dealkylation sites (N-methyl/N-ethyl adjacent to an activating group) is 1. The van der Waals surface area contributed by atoms with Crippen LogP contribution in [-0.4, -0.2) is 62.0 Å². The third-order valence-corrected chi connectivity index (χ3v) is 4.21. The molecule has 0 atom stereocenters. The van der Waals surface area contributed by atoms with Crippen LogP contribution < -0.4 is 4.74 Å². The van der Waals surface area contributed by atoms with Gasteiger partial charge in [0.1, 0.15) is 5.75 Å². The van der Waals surface area contributed by atoms with Crippen molar-refractivity contribution in [2.45, 2.75) is 26.7 Å². The van der Waals surface area contributed by atoms with Crippen molar-refractivity contribution < 1.29 is 9.53 Å². The van der Waals surface area contributed by atoms with Crippen LogP contribution in [0.2, 0.25) is 0 Å². The Morgan fingerprint density at radius 3 is 2.59 bits per heavy atom. The number of ketones is 1. The van der Waals surface area contributed by atoms with Gasteiger partial charge in [-0.3, -0.25) is 4.79 Å². The number of ether oxygens (including phenoxy) is 1. The molecule has 0 bridgehead atoms. The van der Waals surface area contributed by atoms with Gasteiger partial charge in [0.2, 0.25) is 0 Å². The second-order valence-corrected chi connectivity index (χ2v) is 6.15. The lowest BCUT2D eigenvalue weighted by Crippen LogP contribution is -2.45. The van der Waals surface area contributed by atoms with Gasteiger partial charge in [0.05, 0.1) is 6.61 Å². The molecule has 0 amide bonds. The van der Waals surface area contributed by atoms with Gasteiger partial charge in [-0.1, -0.05) is 6.92 Å². The predicted molar refractivity (Wildman–Crippen MR) is 89.8 cm³/mol. The van der Waals surface area contributed by atoms with Crippen molar-refractivity contribution >= 4 is 5.78 Å². The van der Waals surface area contributed by atoms with Crippen LogP contribution in [-0.2, 0) is 0 Å². The Morgan fingerprint density at radius 1 is 1.23 bits per heavy atom. The maximum atomic E-state index is 12.4. The second-order valence-electron chi connectivity index (χ2n) is 6.15. The first kappa shape index (κ1) is 17.0. The minimum atomic E-state index is 0.226. The zero-order valence-corrected chi connectivity index (χ0v) is 14.1. The van der Waals surface area contributed by atoms with Crippen molar-refractivity contribution in [1.82, 2.24) is 9.80 Å². The number of hydrogen-bond donors (Lipinski definition) is 0. The van der Waals surface area contributed by atoms with Crippen molar-refractivity contribution in [3.05, 3.63) is 29.3 Å². The zero-order valence-electron chi connectivity index (χ0n) is 14.1. The molecule has 1 heterocycles. The molecule has 1 aromatic rings. The molecule has 4 heteroatoms. The van der Waals surface area contributed by atoms with Gasteiger partial charge in [-0.15, -0.1) is 0 Å². The molecule has 22 heavy (non-hydrogen) atoms. The average Bonchev–Trinajstić information content (AvgIpc) is 2.53. The third-order valence-electron chi connectivity index (χ3n) is 4.21. The SMILES string of the molecule is CCCOc1ccc(C(=O)CCN2CCN(C)CC2)cc1C. The molecule has 2 rings (SSSR count). The van der Waals surface area contributed by atoms with Gasteiger partial charge in [0.25, 0.3) is 0 Å². The van der Waals surface area contributed by atoms with Crippen LogP contribution in [0.1, 0.15) is 35.7 Å². The molecule has 0 saturated carbocycles. The number of nitrogens with zero attached hydrogens (tertiary/aromatic N) is 2. The Balaban J connectivity index is 1.85. The number of rotatable bonds is 7. The number of carbonyl (C=O) groups is 1. The molecule has 0 N–H and O–H groups in total. The molecule has 1 aromatic carbocycles. The van der Waals surface area contributed by atoms with Gasteiger partial charge in [0, 0.05) is 44.7 Å². The van der Waals surface area contributed by atoms with Gasteiger partial charge >= 0.3 is 0 Å². The lowest BCUT2D eigenvalue weighted by atomic mass is 10.0. The van der Waals surface area contributed by atoms with E-state index in [1.807, 2.05) is 25.1 Å². The van der Waals surface area contributed by atoms with Crippen LogP contribution in [0.15, 0.2) is 18.2 Å². The molecular weight excluding hydrogens is 276 g/mol.